The number of hydrogen-bond acceptors (Lipinski definition) is 4. The maximum Gasteiger partial charge on any atom is 0.239 e. The lowest BCUT2D eigenvalue weighted by Crippen LogP contribution is -2.41. The second-order valence-electron chi connectivity index (χ2n) is 4.14. The van der Waals surface area contributed by atoms with E-state index in [0.29, 0.717) is 13.1 Å². The van der Waals surface area contributed by atoms with Gasteiger partial charge in [0.15, 0.2) is 0 Å². The van der Waals surface area contributed by atoms with Crippen molar-refractivity contribution < 1.29 is 4.79 Å². The van der Waals surface area contributed by atoms with Crippen LogP contribution >= 0.6 is 22.7 Å². The summed E-state index contributed by atoms with van der Waals surface area (Å²) in [7, 11) is 0. The molecule has 2 N–H and O–H groups in total. The predicted octanol–water partition coefficient (Wildman–Crippen LogP) is 2.69. The number of carbonyl (C=O) groups excluding carboxylic acids is 1. The van der Waals surface area contributed by atoms with E-state index in [-0.39, 0.29) is 5.91 Å². The molecule has 1 amide bonds. The fourth-order valence-corrected chi connectivity index (χ4v) is 3.12. The molecule has 0 aromatic carbocycles. The van der Waals surface area contributed by atoms with Crippen LogP contribution in [0.2, 0.25) is 0 Å². The van der Waals surface area contributed by atoms with Crippen LogP contribution in [0.4, 0.5) is 0 Å². The molecule has 0 aliphatic rings. The molecule has 0 aliphatic heterocycles. The molecule has 0 saturated carbocycles. The van der Waals surface area contributed by atoms with Crippen molar-refractivity contribution >= 4 is 28.6 Å². The van der Waals surface area contributed by atoms with Crippen LogP contribution in [0, 0.1) is 0 Å². The van der Waals surface area contributed by atoms with Gasteiger partial charge in [-0.25, -0.2) is 0 Å². The standard InChI is InChI=1S/C13H16N2OS2/c1-10(14)13(16)15(8-11-4-2-6-17-11)9-12-5-3-7-18-12/h2-7,10H,8-9,14H2,1H3. The van der Waals surface area contributed by atoms with Crippen molar-refractivity contribution in [2.75, 3.05) is 0 Å². The van der Waals surface area contributed by atoms with Gasteiger partial charge in [-0.1, -0.05) is 12.1 Å². The van der Waals surface area contributed by atoms with E-state index in [1.807, 2.05) is 39.9 Å². The minimum absolute atomic E-state index is 0.00296. The van der Waals surface area contributed by atoms with Gasteiger partial charge in [-0.3, -0.25) is 4.79 Å². The van der Waals surface area contributed by atoms with E-state index < -0.39 is 6.04 Å². The summed E-state index contributed by atoms with van der Waals surface area (Å²) in [5, 5.41) is 4.05. The molecule has 3 nitrogen and oxygen atoms in total. The first-order valence-corrected chi connectivity index (χ1v) is 7.52. The summed E-state index contributed by atoms with van der Waals surface area (Å²) in [5.74, 6) is -0.00296. The van der Waals surface area contributed by atoms with Crippen molar-refractivity contribution in [1.82, 2.24) is 4.90 Å². The molecule has 1 atom stereocenters. The second kappa shape index (κ2) is 6.13. The quantitative estimate of drug-likeness (QED) is 0.915. The molecule has 0 spiro atoms. The number of rotatable bonds is 5. The monoisotopic (exact) mass is 280 g/mol. The molecule has 0 fully saturated rings. The van der Waals surface area contributed by atoms with Gasteiger partial charge in [-0.2, -0.15) is 0 Å². The van der Waals surface area contributed by atoms with Crippen molar-refractivity contribution in [1.29, 1.82) is 0 Å². The van der Waals surface area contributed by atoms with E-state index >= 15 is 0 Å². The van der Waals surface area contributed by atoms with Crippen LogP contribution in [0.25, 0.3) is 0 Å². The molecule has 1 unspecified atom stereocenters. The third-order valence-electron chi connectivity index (χ3n) is 2.55. The molecule has 0 bridgehead atoms. The highest BCUT2D eigenvalue weighted by atomic mass is 32.1. The maximum absolute atomic E-state index is 12.1. The minimum Gasteiger partial charge on any atom is -0.331 e. The van der Waals surface area contributed by atoms with Crippen LogP contribution in [0.3, 0.4) is 0 Å². The van der Waals surface area contributed by atoms with Crippen LogP contribution in [0.15, 0.2) is 35.0 Å². The summed E-state index contributed by atoms with van der Waals surface area (Å²) in [4.78, 5) is 16.3. The first-order valence-electron chi connectivity index (χ1n) is 5.76. The highest BCUT2D eigenvalue weighted by Gasteiger charge is 2.18. The van der Waals surface area contributed by atoms with Crippen LogP contribution in [-0.4, -0.2) is 16.8 Å². The van der Waals surface area contributed by atoms with Crippen molar-refractivity contribution in [3.63, 3.8) is 0 Å². The molecule has 2 aromatic heterocycles. The Bertz CT molecular complexity index is 441. The molecular weight excluding hydrogens is 264 g/mol. The number of thiophene rings is 2. The zero-order valence-electron chi connectivity index (χ0n) is 10.2. The van der Waals surface area contributed by atoms with Crippen molar-refractivity contribution in [3.8, 4) is 0 Å². The van der Waals surface area contributed by atoms with Gasteiger partial charge in [0.2, 0.25) is 5.91 Å². The lowest BCUT2D eigenvalue weighted by atomic mass is 10.2. The Labute approximate surface area is 115 Å². The summed E-state index contributed by atoms with van der Waals surface area (Å²) in [6.45, 7) is 3.00. The highest BCUT2D eigenvalue weighted by molar-refractivity contribution is 7.10. The van der Waals surface area contributed by atoms with Crippen LogP contribution in [0.5, 0.6) is 0 Å². The smallest absolute Gasteiger partial charge is 0.239 e. The van der Waals surface area contributed by atoms with E-state index in [1.165, 1.54) is 9.75 Å². The van der Waals surface area contributed by atoms with Gasteiger partial charge in [0, 0.05) is 9.75 Å². The van der Waals surface area contributed by atoms with Crippen LogP contribution in [0.1, 0.15) is 16.7 Å². The normalized spacial score (nSPS) is 12.3. The molecule has 96 valence electrons. The van der Waals surface area contributed by atoms with Gasteiger partial charge in [0.25, 0.3) is 0 Å². The molecule has 0 saturated heterocycles. The molecule has 18 heavy (non-hydrogen) atoms. The summed E-state index contributed by atoms with van der Waals surface area (Å²) < 4.78 is 0. The fourth-order valence-electron chi connectivity index (χ4n) is 1.68. The van der Waals surface area contributed by atoms with Gasteiger partial charge in [-0.05, 0) is 29.8 Å². The summed E-state index contributed by atoms with van der Waals surface area (Å²) in [5.41, 5.74) is 5.71. The predicted molar refractivity (Wildman–Crippen MR) is 76.5 cm³/mol. The van der Waals surface area contributed by atoms with Gasteiger partial charge in [0.1, 0.15) is 0 Å². The molecule has 2 heterocycles. The summed E-state index contributed by atoms with van der Waals surface area (Å²) >= 11 is 3.32. The minimum atomic E-state index is -0.454. The van der Waals surface area contributed by atoms with Crippen LogP contribution < -0.4 is 5.73 Å². The van der Waals surface area contributed by atoms with Gasteiger partial charge < -0.3 is 10.6 Å². The van der Waals surface area contributed by atoms with Gasteiger partial charge in [0.05, 0.1) is 19.1 Å². The Balaban J connectivity index is 2.09. The number of hydrogen-bond donors (Lipinski definition) is 1. The third kappa shape index (κ3) is 3.41. The molecular formula is C13H16N2OS2. The topological polar surface area (TPSA) is 46.3 Å². The number of nitrogens with two attached hydrogens (primary N) is 1. The molecule has 0 aliphatic carbocycles. The summed E-state index contributed by atoms with van der Waals surface area (Å²) in [6, 6.07) is 7.63. The average molecular weight is 280 g/mol. The SMILES string of the molecule is CC(N)C(=O)N(Cc1cccs1)Cc1cccs1. The van der Waals surface area contributed by atoms with Crippen molar-refractivity contribution in [3.05, 3.63) is 44.8 Å². The van der Waals surface area contributed by atoms with Crippen molar-refractivity contribution in [2.24, 2.45) is 5.73 Å². The van der Waals surface area contributed by atoms with E-state index in [0.717, 1.165) is 0 Å². The number of carbonyl (C=O) groups is 1. The molecule has 0 radical (unpaired) electrons. The molecule has 2 rings (SSSR count). The average Bonchev–Trinajstić information content (AvgIpc) is 2.99. The van der Waals surface area contributed by atoms with Crippen LogP contribution in [-0.2, 0) is 17.9 Å². The van der Waals surface area contributed by atoms with E-state index in [1.54, 1.807) is 29.6 Å². The van der Waals surface area contributed by atoms with E-state index in [4.69, 9.17) is 5.73 Å². The Morgan fingerprint density at radius 2 is 1.72 bits per heavy atom. The Hall–Kier alpha value is -1.17. The van der Waals surface area contributed by atoms with E-state index in [9.17, 15) is 4.79 Å². The van der Waals surface area contributed by atoms with E-state index in [2.05, 4.69) is 0 Å². The van der Waals surface area contributed by atoms with Gasteiger partial charge >= 0.3 is 0 Å². The second-order valence-corrected chi connectivity index (χ2v) is 6.21. The Morgan fingerprint density at radius 1 is 1.22 bits per heavy atom. The molecule has 5 heteroatoms. The first kappa shape index (κ1) is 13.3. The first-order chi connectivity index (χ1) is 8.66. The largest absolute Gasteiger partial charge is 0.331 e. The van der Waals surface area contributed by atoms with Gasteiger partial charge in [-0.15, -0.1) is 22.7 Å². The third-order valence-corrected chi connectivity index (χ3v) is 4.28. The number of amides is 1. The highest BCUT2D eigenvalue weighted by Crippen LogP contribution is 2.17. The fraction of sp³-hybridized carbons (Fsp3) is 0.308. The Morgan fingerprint density at radius 3 is 2.06 bits per heavy atom. The zero-order chi connectivity index (χ0) is 13.0. The lowest BCUT2D eigenvalue weighted by molar-refractivity contribution is -0.133. The zero-order valence-corrected chi connectivity index (χ0v) is 11.8. The Kier molecular flexibility index (Phi) is 4.52. The summed E-state index contributed by atoms with van der Waals surface area (Å²) in [6.07, 6.45) is 0. The molecule has 2 aromatic rings. The maximum atomic E-state index is 12.1. The lowest BCUT2D eigenvalue weighted by Gasteiger charge is -2.23. The van der Waals surface area contributed by atoms with Crippen molar-refractivity contribution in [2.45, 2.75) is 26.1 Å². The number of nitrogens with zero attached hydrogens (tertiary/aromatic N) is 1.